The zero-order chi connectivity index (χ0) is 25.1. The largest absolute Gasteiger partial charge is 0.507 e. The molecule has 0 atom stereocenters. The number of phenolic OH excluding ortho intramolecular Hbond substituents is 1. The second-order valence-electron chi connectivity index (χ2n) is 9.14. The maximum Gasteiger partial charge on any atom is 0.337 e. The predicted molar refractivity (Wildman–Crippen MR) is 134 cm³/mol. The summed E-state index contributed by atoms with van der Waals surface area (Å²) in [6.45, 7) is 8.90. The van der Waals surface area contributed by atoms with Crippen LogP contribution in [0.3, 0.4) is 0 Å². The van der Waals surface area contributed by atoms with Gasteiger partial charge in [-0.05, 0) is 82.1 Å². The molecule has 1 amide bonds. The highest BCUT2D eigenvalue weighted by Gasteiger charge is 2.25. The third-order valence-electron chi connectivity index (χ3n) is 6.84. The summed E-state index contributed by atoms with van der Waals surface area (Å²) >= 11 is 0. The van der Waals surface area contributed by atoms with Crippen LogP contribution in [0.25, 0.3) is 6.08 Å². The molecule has 2 aromatic rings. The van der Waals surface area contributed by atoms with Crippen LogP contribution in [0.4, 0.5) is 5.69 Å². The molecule has 1 saturated heterocycles. The van der Waals surface area contributed by atoms with Crippen LogP contribution >= 0.6 is 0 Å². The Bertz CT molecular complexity index is 1180. The number of fused-ring (bicyclic) bond motifs is 1. The fourth-order valence-electron chi connectivity index (χ4n) is 4.56. The Morgan fingerprint density at radius 1 is 1.09 bits per heavy atom. The van der Waals surface area contributed by atoms with Crippen molar-refractivity contribution in [2.45, 2.75) is 40.0 Å². The Balaban J connectivity index is 1.48. The van der Waals surface area contributed by atoms with Gasteiger partial charge in [-0.25, -0.2) is 4.79 Å². The van der Waals surface area contributed by atoms with Gasteiger partial charge in [-0.1, -0.05) is 6.42 Å². The number of amides is 1. The Labute approximate surface area is 205 Å². The van der Waals surface area contributed by atoms with Crippen molar-refractivity contribution in [2.75, 3.05) is 38.2 Å². The van der Waals surface area contributed by atoms with E-state index < -0.39 is 11.9 Å². The molecular weight excluding hydrogens is 448 g/mol. The molecular formula is C27H32N2O6. The number of likely N-dealkylation sites (tertiary alicyclic amines) is 1. The highest BCUT2D eigenvalue weighted by Crippen LogP contribution is 2.40. The molecule has 0 radical (unpaired) electrons. The quantitative estimate of drug-likeness (QED) is 0.542. The molecule has 0 aliphatic carbocycles. The van der Waals surface area contributed by atoms with Crippen LogP contribution in [-0.2, 0) is 4.79 Å². The zero-order valence-corrected chi connectivity index (χ0v) is 20.4. The lowest BCUT2D eigenvalue weighted by Crippen LogP contribution is -2.33. The monoisotopic (exact) mass is 480 g/mol. The maximum absolute atomic E-state index is 13.0. The number of hydrogen-bond acceptors (Lipinski definition) is 6. The Morgan fingerprint density at radius 2 is 1.83 bits per heavy atom. The number of aromatic hydroxyl groups is 1. The minimum Gasteiger partial charge on any atom is -0.507 e. The number of piperidine rings is 1. The molecule has 0 unspecified atom stereocenters. The zero-order valence-electron chi connectivity index (χ0n) is 20.4. The van der Waals surface area contributed by atoms with Gasteiger partial charge < -0.3 is 25.0 Å². The topological polar surface area (TPSA) is 108 Å². The van der Waals surface area contributed by atoms with Gasteiger partial charge >= 0.3 is 5.97 Å². The van der Waals surface area contributed by atoms with Gasteiger partial charge in [0.15, 0.2) is 0 Å². The van der Waals surface area contributed by atoms with Gasteiger partial charge in [0.05, 0.1) is 16.8 Å². The van der Waals surface area contributed by atoms with Crippen molar-refractivity contribution < 1.29 is 29.3 Å². The van der Waals surface area contributed by atoms with Crippen molar-refractivity contribution in [1.29, 1.82) is 0 Å². The van der Waals surface area contributed by atoms with Gasteiger partial charge in [0.25, 0.3) is 5.91 Å². The molecule has 2 aliphatic heterocycles. The van der Waals surface area contributed by atoms with Crippen molar-refractivity contribution in [3.05, 3.63) is 51.6 Å². The number of aromatic carboxylic acids is 1. The highest BCUT2D eigenvalue weighted by atomic mass is 16.5. The van der Waals surface area contributed by atoms with E-state index >= 15 is 0 Å². The first-order valence-corrected chi connectivity index (χ1v) is 12.0. The lowest BCUT2D eigenvalue weighted by atomic mass is 9.94. The second-order valence-corrected chi connectivity index (χ2v) is 9.14. The number of carboxylic acid groups (broad SMARTS) is 1. The summed E-state index contributed by atoms with van der Waals surface area (Å²) in [4.78, 5) is 27.2. The van der Waals surface area contributed by atoms with Crippen LogP contribution in [0.15, 0.2) is 23.8 Å². The Hall–Kier alpha value is -3.52. The Morgan fingerprint density at radius 3 is 2.54 bits per heavy atom. The number of hydrogen-bond donors (Lipinski definition) is 3. The maximum atomic E-state index is 13.0. The van der Waals surface area contributed by atoms with Crippen LogP contribution in [0.2, 0.25) is 0 Å². The third-order valence-corrected chi connectivity index (χ3v) is 6.84. The van der Waals surface area contributed by atoms with Gasteiger partial charge in [-0.3, -0.25) is 9.69 Å². The smallest absolute Gasteiger partial charge is 0.337 e. The summed E-state index contributed by atoms with van der Waals surface area (Å²) in [5.41, 5.74) is 3.31. The van der Waals surface area contributed by atoms with E-state index in [-0.39, 0.29) is 23.6 Å². The number of benzene rings is 2. The third kappa shape index (κ3) is 5.27. The van der Waals surface area contributed by atoms with Gasteiger partial charge in [-0.15, -0.1) is 0 Å². The van der Waals surface area contributed by atoms with E-state index in [9.17, 15) is 19.8 Å². The molecule has 2 heterocycles. The van der Waals surface area contributed by atoms with Crippen molar-refractivity contribution in [3.63, 3.8) is 0 Å². The lowest BCUT2D eigenvalue weighted by Gasteiger charge is -2.26. The SMILES string of the molecule is Cc1c(C)c2c(c(C)c1O)C=C(C(=O)Nc1ccc(OCCN3CCCCC3)cc1C(=O)O)CO2. The summed E-state index contributed by atoms with van der Waals surface area (Å²) in [7, 11) is 0. The molecule has 2 aliphatic rings. The van der Waals surface area contributed by atoms with Crippen molar-refractivity contribution in [1.82, 2.24) is 4.90 Å². The molecule has 0 bridgehead atoms. The van der Waals surface area contributed by atoms with E-state index in [1.54, 1.807) is 25.1 Å². The Kier molecular flexibility index (Phi) is 7.31. The van der Waals surface area contributed by atoms with E-state index in [2.05, 4.69) is 10.2 Å². The molecule has 2 aromatic carbocycles. The van der Waals surface area contributed by atoms with E-state index in [1.165, 1.54) is 25.3 Å². The van der Waals surface area contributed by atoms with Crippen LogP contribution in [0.5, 0.6) is 17.2 Å². The summed E-state index contributed by atoms with van der Waals surface area (Å²) in [5.74, 6) is -0.358. The summed E-state index contributed by atoms with van der Waals surface area (Å²) in [5, 5.41) is 22.8. The van der Waals surface area contributed by atoms with Gasteiger partial charge in [0.2, 0.25) is 0 Å². The van der Waals surface area contributed by atoms with Crippen LogP contribution in [0.1, 0.15) is 51.9 Å². The first-order chi connectivity index (χ1) is 16.8. The molecule has 0 saturated carbocycles. The molecule has 4 rings (SSSR count). The van der Waals surface area contributed by atoms with E-state index in [0.717, 1.165) is 30.8 Å². The molecule has 35 heavy (non-hydrogen) atoms. The van der Waals surface area contributed by atoms with E-state index in [1.807, 2.05) is 13.8 Å². The predicted octanol–water partition coefficient (Wildman–Crippen LogP) is 4.29. The molecule has 186 valence electrons. The fraction of sp³-hybridized carbons (Fsp3) is 0.407. The van der Waals surface area contributed by atoms with E-state index in [0.29, 0.717) is 34.8 Å². The molecule has 1 fully saturated rings. The minimum atomic E-state index is -1.16. The number of nitrogens with one attached hydrogen (secondary N) is 1. The van der Waals surface area contributed by atoms with Gasteiger partial charge in [0, 0.05) is 17.7 Å². The molecule has 8 nitrogen and oxygen atoms in total. The van der Waals surface area contributed by atoms with Crippen LogP contribution in [0, 0.1) is 20.8 Å². The average Bonchev–Trinajstić information content (AvgIpc) is 2.87. The van der Waals surface area contributed by atoms with Crippen LogP contribution in [-0.4, -0.2) is 59.8 Å². The van der Waals surface area contributed by atoms with Gasteiger partial charge in [-0.2, -0.15) is 0 Å². The number of carboxylic acids is 1. The highest BCUT2D eigenvalue weighted by molar-refractivity contribution is 6.10. The average molecular weight is 481 g/mol. The number of rotatable bonds is 7. The first kappa shape index (κ1) is 24.6. The van der Waals surface area contributed by atoms with Gasteiger partial charge in [0.1, 0.15) is 30.5 Å². The van der Waals surface area contributed by atoms with Crippen molar-refractivity contribution in [3.8, 4) is 17.2 Å². The standard InChI is InChI=1S/C27H32N2O6/c1-16-17(2)25-21(18(3)24(16)30)13-19(15-35-25)26(31)28-23-8-7-20(14-22(23)27(32)33)34-12-11-29-9-5-4-6-10-29/h7-8,13-14,30H,4-6,9-12,15H2,1-3H3,(H,28,31)(H,32,33). The summed E-state index contributed by atoms with van der Waals surface area (Å²) < 4.78 is 11.6. The minimum absolute atomic E-state index is 0.0451. The number of nitrogens with zero attached hydrogens (tertiary/aromatic N) is 1. The number of carbonyl (C=O) groups is 2. The van der Waals surface area contributed by atoms with Crippen molar-refractivity contribution in [2.24, 2.45) is 0 Å². The van der Waals surface area contributed by atoms with E-state index in [4.69, 9.17) is 9.47 Å². The molecule has 0 spiro atoms. The first-order valence-electron chi connectivity index (χ1n) is 12.0. The number of carbonyl (C=O) groups excluding carboxylic acids is 1. The second kappa shape index (κ2) is 10.4. The number of phenols is 1. The lowest BCUT2D eigenvalue weighted by molar-refractivity contribution is -0.113. The molecule has 8 heteroatoms. The normalized spacial score (nSPS) is 15.6. The number of anilines is 1. The van der Waals surface area contributed by atoms with Crippen LogP contribution < -0.4 is 14.8 Å². The summed E-state index contributed by atoms with van der Waals surface area (Å²) in [6, 6.07) is 4.64. The molecule has 3 N–H and O–H groups in total. The number of ether oxygens (including phenoxy) is 2. The molecule has 0 aromatic heterocycles. The summed E-state index contributed by atoms with van der Waals surface area (Å²) in [6.07, 6.45) is 5.35. The van der Waals surface area contributed by atoms with Crippen molar-refractivity contribution >= 4 is 23.6 Å². The fourth-order valence-corrected chi connectivity index (χ4v) is 4.56.